The maximum absolute atomic E-state index is 10.9. The number of carboxylic acid groups (broad SMARTS) is 3. The summed E-state index contributed by atoms with van der Waals surface area (Å²) in [5.41, 5.74) is 15.8. The highest BCUT2D eigenvalue weighted by atomic mass is 16.6. The van der Waals surface area contributed by atoms with Gasteiger partial charge in [0.1, 0.15) is 24.7 Å². The summed E-state index contributed by atoms with van der Waals surface area (Å²) in [4.78, 5) is 63.5. The smallest absolute Gasteiger partial charge is 0.408 e. The SMILES string of the molecule is C.C.C.C.C#CCOC(=O)NCCC[C@H](N)C(=O)O.C=CCOC(=O)NCCC[C@H](N)C(=O)O.CCCOC(=O)NCCC[C@H](N)C(=O)O. The van der Waals surface area contributed by atoms with Gasteiger partial charge in [0, 0.05) is 19.6 Å². The molecule has 0 spiro atoms. The minimum Gasteiger partial charge on any atom is -0.480 e. The van der Waals surface area contributed by atoms with Gasteiger partial charge in [0.15, 0.2) is 6.61 Å². The maximum atomic E-state index is 10.9. The van der Waals surface area contributed by atoms with E-state index in [9.17, 15) is 28.8 Å². The van der Waals surface area contributed by atoms with Crippen LogP contribution < -0.4 is 33.2 Å². The van der Waals surface area contributed by atoms with E-state index in [2.05, 4.69) is 37.9 Å². The number of carbonyl (C=O) groups is 6. The molecule has 49 heavy (non-hydrogen) atoms. The predicted molar refractivity (Wildman–Crippen MR) is 189 cm³/mol. The maximum Gasteiger partial charge on any atom is 0.408 e. The Bertz CT molecular complexity index is 931. The third kappa shape index (κ3) is 45.6. The van der Waals surface area contributed by atoms with Gasteiger partial charge in [0.05, 0.1) is 6.61 Å². The molecule has 0 aliphatic heterocycles. The molecule has 0 aromatic heterocycles. The van der Waals surface area contributed by atoms with Gasteiger partial charge in [-0.3, -0.25) is 14.4 Å². The van der Waals surface area contributed by atoms with Crippen LogP contribution >= 0.6 is 0 Å². The van der Waals surface area contributed by atoms with E-state index < -0.39 is 54.3 Å². The van der Waals surface area contributed by atoms with Gasteiger partial charge < -0.3 is 62.7 Å². The van der Waals surface area contributed by atoms with Crippen LogP contribution in [-0.2, 0) is 28.6 Å². The monoisotopic (exact) mass is 712 g/mol. The third-order valence-electron chi connectivity index (χ3n) is 4.89. The summed E-state index contributed by atoms with van der Waals surface area (Å²) in [5, 5.41) is 32.7. The van der Waals surface area contributed by atoms with Crippen LogP contribution in [0.15, 0.2) is 12.7 Å². The molecule has 0 rings (SSSR count). The van der Waals surface area contributed by atoms with Crippen LogP contribution in [0.4, 0.5) is 14.4 Å². The van der Waals surface area contributed by atoms with Crippen molar-refractivity contribution in [1.82, 2.24) is 16.0 Å². The predicted octanol–water partition coefficient (Wildman–Crippen LogP) is 2.49. The Morgan fingerprint density at radius 3 is 1.31 bits per heavy atom. The van der Waals surface area contributed by atoms with Crippen molar-refractivity contribution in [1.29, 1.82) is 0 Å². The molecule has 18 heteroatoms. The molecule has 12 N–H and O–H groups in total. The zero-order chi connectivity index (χ0) is 35.0. The van der Waals surface area contributed by atoms with Gasteiger partial charge in [-0.15, -0.1) is 6.42 Å². The second-order valence-corrected chi connectivity index (χ2v) is 8.84. The van der Waals surface area contributed by atoms with Crippen molar-refractivity contribution in [3.63, 3.8) is 0 Å². The Labute approximate surface area is 291 Å². The van der Waals surface area contributed by atoms with E-state index in [1.54, 1.807) is 0 Å². The number of rotatable bonds is 20. The van der Waals surface area contributed by atoms with Gasteiger partial charge in [-0.1, -0.05) is 55.2 Å². The fourth-order valence-corrected chi connectivity index (χ4v) is 2.50. The van der Waals surface area contributed by atoms with Gasteiger partial charge >= 0.3 is 36.2 Å². The Morgan fingerprint density at radius 2 is 1.02 bits per heavy atom. The van der Waals surface area contributed by atoms with E-state index >= 15 is 0 Å². The number of ether oxygens (including phenoxy) is 3. The minimum absolute atomic E-state index is 0. The molecule has 0 saturated carbocycles. The molecular formula is C31H64N6O12. The summed E-state index contributed by atoms with van der Waals surface area (Å²) in [7, 11) is 0. The molecule has 0 aliphatic carbocycles. The Kier molecular flexibility index (Phi) is 50.5. The van der Waals surface area contributed by atoms with Crippen molar-refractivity contribution < 1.29 is 58.3 Å². The lowest BCUT2D eigenvalue weighted by Crippen LogP contribution is -2.32. The molecular weight excluding hydrogens is 648 g/mol. The number of amides is 3. The first kappa shape index (κ1) is 59.8. The third-order valence-corrected chi connectivity index (χ3v) is 4.89. The second-order valence-electron chi connectivity index (χ2n) is 8.84. The number of hydrogen-bond donors (Lipinski definition) is 9. The summed E-state index contributed by atoms with van der Waals surface area (Å²) in [5.74, 6) is -0.972. The standard InChI is InChI=1S/C9H18N2O4.C9H16N2O4.C9H14N2O4.4CH4/c3*1-2-6-15-9(14)11-5-3-4-7(10)8(12)13;;;;/h7H,2-6,10H2,1H3,(H,11,14)(H,12,13);2,7H,1,3-6,10H2,(H,11,14)(H,12,13);1,7H,3-6,10H2,(H,11,14)(H,12,13);4*1H4/t3*7-;;;;/m000..../s1. The van der Waals surface area contributed by atoms with Gasteiger partial charge in [-0.2, -0.15) is 0 Å². The number of terminal acetylenes is 1. The molecule has 290 valence electrons. The quantitative estimate of drug-likeness (QED) is 0.0379. The number of carboxylic acids is 3. The van der Waals surface area contributed by atoms with Crippen LogP contribution in [0.1, 0.15) is 81.6 Å². The molecule has 0 aliphatic rings. The molecule has 0 bridgehead atoms. The lowest BCUT2D eigenvalue weighted by Gasteiger charge is -2.07. The van der Waals surface area contributed by atoms with Crippen molar-refractivity contribution in [2.75, 3.05) is 39.5 Å². The average molecular weight is 713 g/mol. The average Bonchev–Trinajstić information content (AvgIpc) is 3.00. The molecule has 0 aromatic carbocycles. The number of nitrogens with one attached hydrogen (secondary N) is 3. The van der Waals surface area contributed by atoms with Crippen molar-refractivity contribution in [3.8, 4) is 12.3 Å². The van der Waals surface area contributed by atoms with Crippen molar-refractivity contribution in [2.24, 2.45) is 17.2 Å². The summed E-state index contributed by atoms with van der Waals surface area (Å²) >= 11 is 0. The van der Waals surface area contributed by atoms with Crippen LogP contribution in [0.2, 0.25) is 0 Å². The van der Waals surface area contributed by atoms with Gasteiger partial charge in [-0.25, -0.2) is 14.4 Å². The normalized spacial score (nSPS) is 10.6. The van der Waals surface area contributed by atoms with E-state index in [0.717, 1.165) is 6.42 Å². The van der Waals surface area contributed by atoms with Crippen LogP contribution in [0.3, 0.4) is 0 Å². The van der Waals surface area contributed by atoms with Crippen LogP contribution in [0.5, 0.6) is 0 Å². The summed E-state index contributed by atoms with van der Waals surface area (Å²) in [6.45, 7) is 6.78. The highest BCUT2D eigenvalue weighted by Gasteiger charge is 2.12. The fourth-order valence-electron chi connectivity index (χ4n) is 2.50. The molecule has 18 nitrogen and oxygen atoms in total. The number of carbonyl (C=O) groups excluding carboxylic acids is 3. The second kappa shape index (κ2) is 41.4. The lowest BCUT2D eigenvalue weighted by atomic mass is 10.2. The van der Waals surface area contributed by atoms with E-state index in [0.29, 0.717) is 64.8 Å². The molecule has 3 amide bonds. The van der Waals surface area contributed by atoms with E-state index in [4.69, 9.17) is 43.7 Å². The van der Waals surface area contributed by atoms with Gasteiger partial charge in [0.2, 0.25) is 0 Å². The Balaban J connectivity index is -0.000000104. The van der Waals surface area contributed by atoms with Gasteiger partial charge in [-0.05, 0) is 44.9 Å². The zero-order valence-electron chi connectivity index (χ0n) is 25.5. The molecule has 3 atom stereocenters. The summed E-state index contributed by atoms with van der Waals surface area (Å²) in [6, 6.07) is -2.64. The minimum atomic E-state index is -1.05. The first-order valence-electron chi connectivity index (χ1n) is 13.9. The molecule has 0 fully saturated rings. The highest BCUT2D eigenvalue weighted by molar-refractivity contribution is 5.73. The number of nitrogens with two attached hydrogens (primary N) is 3. The number of hydrogen-bond acceptors (Lipinski definition) is 12. The van der Waals surface area contributed by atoms with Crippen LogP contribution in [0, 0.1) is 12.3 Å². The first-order chi connectivity index (χ1) is 21.2. The number of aliphatic carboxylic acids is 3. The molecule has 0 radical (unpaired) electrons. The lowest BCUT2D eigenvalue weighted by molar-refractivity contribution is -0.139. The van der Waals surface area contributed by atoms with E-state index in [1.807, 2.05) is 6.92 Å². The molecule has 0 unspecified atom stereocenters. The van der Waals surface area contributed by atoms with E-state index in [-0.39, 0.29) is 42.9 Å². The molecule has 0 saturated heterocycles. The van der Waals surface area contributed by atoms with Crippen molar-refractivity contribution in [3.05, 3.63) is 12.7 Å². The molecule has 0 aromatic rings. The van der Waals surface area contributed by atoms with Crippen LogP contribution in [-0.4, -0.2) is 109 Å². The Morgan fingerprint density at radius 1 is 0.694 bits per heavy atom. The number of alkyl carbamates (subject to hydrolysis) is 3. The van der Waals surface area contributed by atoms with Crippen molar-refractivity contribution in [2.45, 2.75) is 99.7 Å². The first-order valence-corrected chi connectivity index (χ1v) is 13.9. The largest absolute Gasteiger partial charge is 0.480 e. The summed E-state index contributed by atoms with van der Waals surface area (Å²) in [6.07, 6.45) is 7.91. The van der Waals surface area contributed by atoms with Gasteiger partial charge in [0.25, 0.3) is 0 Å². The highest BCUT2D eigenvalue weighted by Crippen LogP contribution is 1.95. The van der Waals surface area contributed by atoms with Crippen LogP contribution in [0.25, 0.3) is 0 Å². The molecule has 0 heterocycles. The fraction of sp³-hybridized carbons (Fsp3) is 0.677. The van der Waals surface area contributed by atoms with E-state index in [1.165, 1.54) is 6.08 Å². The Hall–Kier alpha value is -4.60. The zero-order valence-corrected chi connectivity index (χ0v) is 25.5. The summed E-state index contributed by atoms with van der Waals surface area (Å²) < 4.78 is 13.9. The van der Waals surface area contributed by atoms with Crippen molar-refractivity contribution >= 4 is 36.2 Å². The topological polar surface area (TPSA) is 305 Å².